The Kier molecular flexibility index (Phi) is 4.12. The average Bonchev–Trinajstić information content (AvgIpc) is 3.01. The summed E-state index contributed by atoms with van der Waals surface area (Å²) in [5.41, 5.74) is 2.26. The minimum atomic E-state index is -0.478. The van der Waals surface area contributed by atoms with Gasteiger partial charge in [0.05, 0.1) is 10.2 Å². The molecule has 3 rings (SSSR count). The molecule has 0 unspecified atom stereocenters. The maximum absolute atomic E-state index is 12.1. The molecule has 1 saturated heterocycles. The standard InChI is InChI=1S/C16H17N3O3S/c1-3-10-5-4-6-11-15(10)18(2)16(23-11)17-12(20)9-19-13(21)7-8-14(19)22/h4-6H,3,7-9H2,1-2H3. The molecule has 2 aromatic rings. The van der Waals surface area contributed by atoms with Gasteiger partial charge in [-0.05, 0) is 18.1 Å². The monoisotopic (exact) mass is 331 g/mol. The highest BCUT2D eigenvalue weighted by atomic mass is 32.1. The summed E-state index contributed by atoms with van der Waals surface area (Å²) in [6.07, 6.45) is 1.26. The quantitative estimate of drug-likeness (QED) is 0.798. The van der Waals surface area contributed by atoms with Crippen LogP contribution >= 0.6 is 11.3 Å². The molecular formula is C16H17N3O3S. The number of aromatic nitrogens is 1. The SMILES string of the molecule is CCc1cccc2sc(=NC(=O)CN3C(=O)CCC3=O)n(C)c12. The fourth-order valence-corrected chi connectivity index (χ4v) is 3.84. The van der Waals surface area contributed by atoms with Crippen molar-refractivity contribution in [3.05, 3.63) is 28.6 Å². The van der Waals surface area contributed by atoms with E-state index in [0.717, 1.165) is 21.5 Å². The van der Waals surface area contributed by atoms with E-state index in [1.165, 1.54) is 16.9 Å². The van der Waals surface area contributed by atoms with Crippen molar-refractivity contribution in [3.8, 4) is 0 Å². The number of hydrogen-bond donors (Lipinski definition) is 0. The van der Waals surface area contributed by atoms with Gasteiger partial charge in [-0.3, -0.25) is 19.3 Å². The van der Waals surface area contributed by atoms with Crippen LogP contribution in [0.15, 0.2) is 23.2 Å². The first-order valence-electron chi connectivity index (χ1n) is 7.49. The van der Waals surface area contributed by atoms with Crippen molar-refractivity contribution in [3.63, 3.8) is 0 Å². The van der Waals surface area contributed by atoms with E-state index in [2.05, 4.69) is 18.0 Å². The normalized spacial score (nSPS) is 15.9. The zero-order chi connectivity index (χ0) is 16.6. The van der Waals surface area contributed by atoms with Crippen LogP contribution in [0.4, 0.5) is 0 Å². The van der Waals surface area contributed by atoms with Crippen LogP contribution in [-0.2, 0) is 27.9 Å². The molecule has 6 nitrogen and oxygen atoms in total. The molecule has 0 aliphatic carbocycles. The second-order valence-electron chi connectivity index (χ2n) is 5.44. The van der Waals surface area contributed by atoms with Gasteiger partial charge < -0.3 is 4.57 Å². The minimum absolute atomic E-state index is 0.183. The van der Waals surface area contributed by atoms with E-state index in [1.54, 1.807) is 0 Å². The summed E-state index contributed by atoms with van der Waals surface area (Å²) >= 11 is 1.43. The van der Waals surface area contributed by atoms with E-state index in [9.17, 15) is 14.4 Å². The van der Waals surface area contributed by atoms with Crippen molar-refractivity contribution in [2.24, 2.45) is 12.0 Å². The average molecular weight is 331 g/mol. The van der Waals surface area contributed by atoms with Crippen LogP contribution in [0.3, 0.4) is 0 Å². The van der Waals surface area contributed by atoms with E-state index in [0.29, 0.717) is 4.80 Å². The second-order valence-corrected chi connectivity index (χ2v) is 6.45. The third kappa shape index (κ3) is 2.84. The first-order valence-corrected chi connectivity index (χ1v) is 8.31. The summed E-state index contributed by atoms with van der Waals surface area (Å²) in [6.45, 7) is 1.81. The van der Waals surface area contributed by atoms with E-state index in [4.69, 9.17) is 0 Å². The van der Waals surface area contributed by atoms with Crippen molar-refractivity contribution < 1.29 is 14.4 Å². The number of hydrogen-bond acceptors (Lipinski definition) is 4. The molecule has 0 spiro atoms. The van der Waals surface area contributed by atoms with Crippen LogP contribution in [0.2, 0.25) is 0 Å². The molecule has 120 valence electrons. The van der Waals surface area contributed by atoms with Crippen LogP contribution in [0.25, 0.3) is 10.2 Å². The molecule has 23 heavy (non-hydrogen) atoms. The minimum Gasteiger partial charge on any atom is -0.319 e. The predicted molar refractivity (Wildman–Crippen MR) is 86.7 cm³/mol. The highest BCUT2D eigenvalue weighted by Gasteiger charge is 2.30. The number of carbonyl (C=O) groups is 3. The van der Waals surface area contributed by atoms with Crippen molar-refractivity contribution >= 4 is 39.3 Å². The fraction of sp³-hybridized carbons (Fsp3) is 0.375. The second kappa shape index (κ2) is 6.08. The Bertz CT molecular complexity index is 862. The summed E-state index contributed by atoms with van der Waals surface area (Å²) in [5.74, 6) is -1.08. The van der Waals surface area contributed by atoms with Crippen LogP contribution in [0.1, 0.15) is 25.3 Å². The van der Waals surface area contributed by atoms with E-state index < -0.39 is 5.91 Å². The van der Waals surface area contributed by atoms with Gasteiger partial charge in [0.2, 0.25) is 11.8 Å². The molecule has 1 aliphatic heterocycles. The highest BCUT2D eigenvalue weighted by Crippen LogP contribution is 2.21. The summed E-state index contributed by atoms with van der Waals surface area (Å²) in [7, 11) is 1.87. The van der Waals surface area contributed by atoms with Crippen LogP contribution < -0.4 is 4.80 Å². The lowest BCUT2D eigenvalue weighted by atomic mass is 10.1. The van der Waals surface area contributed by atoms with Gasteiger partial charge in [-0.2, -0.15) is 4.99 Å². The van der Waals surface area contributed by atoms with E-state index in [1.807, 2.05) is 23.7 Å². The molecule has 7 heteroatoms. The number of imide groups is 1. The predicted octanol–water partition coefficient (Wildman–Crippen LogP) is 1.38. The van der Waals surface area contributed by atoms with Gasteiger partial charge in [0.25, 0.3) is 5.91 Å². The topological polar surface area (TPSA) is 71.7 Å². The Labute approximate surface area is 137 Å². The van der Waals surface area contributed by atoms with Crippen LogP contribution in [-0.4, -0.2) is 33.7 Å². The summed E-state index contributed by atoms with van der Waals surface area (Å²) in [6, 6.07) is 6.04. The van der Waals surface area contributed by atoms with Gasteiger partial charge in [-0.1, -0.05) is 30.4 Å². The van der Waals surface area contributed by atoms with Gasteiger partial charge in [0, 0.05) is 19.9 Å². The van der Waals surface area contributed by atoms with Crippen molar-refractivity contribution in [2.45, 2.75) is 26.2 Å². The Morgan fingerprint density at radius 1 is 1.26 bits per heavy atom. The van der Waals surface area contributed by atoms with Crippen molar-refractivity contribution in [1.29, 1.82) is 0 Å². The van der Waals surface area contributed by atoms with E-state index >= 15 is 0 Å². The molecule has 1 aliphatic rings. The smallest absolute Gasteiger partial charge is 0.268 e. The Morgan fingerprint density at radius 3 is 2.61 bits per heavy atom. The number of nitrogens with zero attached hydrogens (tertiary/aromatic N) is 3. The number of aryl methyl sites for hydroxylation is 2. The lowest BCUT2D eigenvalue weighted by Crippen LogP contribution is -2.34. The van der Waals surface area contributed by atoms with Gasteiger partial charge >= 0.3 is 0 Å². The van der Waals surface area contributed by atoms with Gasteiger partial charge in [-0.25, -0.2) is 0 Å². The summed E-state index contributed by atoms with van der Waals surface area (Å²) < 4.78 is 2.95. The zero-order valence-electron chi connectivity index (χ0n) is 13.0. The third-order valence-corrected chi connectivity index (χ3v) is 5.05. The van der Waals surface area contributed by atoms with Gasteiger partial charge in [-0.15, -0.1) is 0 Å². The third-order valence-electron chi connectivity index (χ3n) is 3.96. The molecule has 3 amide bonds. The number of benzene rings is 1. The number of fused-ring (bicyclic) bond motifs is 1. The Balaban J connectivity index is 1.95. The van der Waals surface area contributed by atoms with Crippen molar-refractivity contribution in [2.75, 3.05) is 6.54 Å². The highest BCUT2D eigenvalue weighted by molar-refractivity contribution is 7.16. The molecular weight excluding hydrogens is 314 g/mol. The molecule has 0 bridgehead atoms. The summed E-state index contributed by atoms with van der Waals surface area (Å²) in [4.78, 5) is 40.9. The number of thiazole rings is 1. The number of rotatable bonds is 3. The lowest BCUT2D eigenvalue weighted by molar-refractivity contribution is -0.141. The molecule has 0 radical (unpaired) electrons. The zero-order valence-corrected chi connectivity index (χ0v) is 13.9. The van der Waals surface area contributed by atoms with Crippen LogP contribution in [0.5, 0.6) is 0 Å². The molecule has 0 atom stereocenters. The summed E-state index contributed by atoms with van der Waals surface area (Å²) in [5, 5.41) is 0. The first-order chi connectivity index (χ1) is 11.0. The maximum Gasteiger partial charge on any atom is 0.268 e. The molecule has 2 heterocycles. The first kappa shape index (κ1) is 15.6. The maximum atomic E-state index is 12.1. The van der Waals surface area contributed by atoms with E-state index in [-0.39, 0.29) is 31.2 Å². The number of amides is 3. The molecule has 1 aromatic carbocycles. The lowest BCUT2D eigenvalue weighted by Gasteiger charge is -2.09. The molecule has 0 N–H and O–H groups in total. The Morgan fingerprint density at radius 2 is 1.96 bits per heavy atom. The largest absolute Gasteiger partial charge is 0.319 e. The molecule has 0 saturated carbocycles. The van der Waals surface area contributed by atoms with Crippen molar-refractivity contribution in [1.82, 2.24) is 9.47 Å². The van der Waals surface area contributed by atoms with Gasteiger partial charge in [0.1, 0.15) is 6.54 Å². The van der Waals surface area contributed by atoms with Gasteiger partial charge in [0.15, 0.2) is 4.80 Å². The number of para-hydroxylation sites is 1. The molecule has 1 aromatic heterocycles. The van der Waals surface area contributed by atoms with Crippen LogP contribution in [0, 0.1) is 0 Å². The Hall–Kier alpha value is -2.28. The molecule has 1 fully saturated rings. The number of likely N-dealkylation sites (tertiary alicyclic amines) is 1. The fourth-order valence-electron chi connectivity index (χ4n) is 2.75. The number of carbonyl (C=O) groups excluding carboxylic acids is 3.